The number of carbonyl (C=O) groups is 2. The van der Waals surface area contributed by atoms with Crippen LogP contribution in [0.1, 0.15) is 39.0 Å². The molecule has 3 saturated heterocycles. The molecular weight excluding hydrogens is 354 g/mol. The smallest absolute Gasteiger partial charge is 0.255 e. The Labute approximate surface area is 167 Å². The first kappa shape index (κ1) is 19.4. The molecular formula is C22H31N3O3. The van der Waals surface area contributed by atoms with Crippen LogP contribution >= 0.6 is 0 Å². The van der Waals surface area contributed by atoms with Crippen molar-refractivity contribution < 1.29 is 14.3 Å². The number of hydrogen-bond acceptors (Lipinski definition) is 4. The average molecular weight is 386 g/mol. The number of morpholine rings is 1. The predicted molar refractivity (Wildman–Crippen MR) is 108 cm³/mol. The molecule has 28 heavy (non-hydrogen) atoms. The van der Waals surface area contributed by atoms with Crippen LogP contribution in [0.2, 0.25) is 0 Å². The summed E-state index contributed by atoms with van der Waals surface area (Å²) in [6, 6.07) is 9.85. The van der Waals surface area contributed by atoms with E-state index in [-0.39, 0.29) is 17.4 Å². The van der Waals surface area contributed by atoms with Crippen LogP contribution in [0.15, 0.2) is 30.3 Å². The van der Waals surface area contributed by atoms with Crippen LogP contribution in [0, 0.1) is 0 Å². The molecule has 6 heteroatoms. The summed E-state index contributed by atoms with van der Waals surface area (Å²) in [4.78, 5) is 31.4. The quantitative estimate of drug-likeness (QED) is 0.801. The van der Waals surface area contributed by atoms with Gasteiger partial charge in [-0.1, -0.05) is 18.2 Å². The van der Waals surface area contributed by atoms with E-state index in [1.54, 1.807) is 0 Å². The Balaban J connectivity index is 1.37. The average Bonchev–Trinajstić information content (AvgIpc) is 2.74. The van der Waals surface area contributed by atoms with E-state index in [0.29, 0.717) is 13.1 Å². The molecule has 0 N–H and O–H groups in total. The van der Waals surface area contributed by atoms with Gasteiger partial charge in [0.25, 0.3) is 5.91 Å². The maximum Gasteiger partial charge on any atom is 0.255 e. The third kappa shape index (κ3) is 4.08. The van der Waals surface area contributed by atoms with E-state index in [1.807, 2.05) is 47.1 Å². The lowest BCUT2D eigenvalue weighted by Crippen LogP contribution is -2.62. The lowest BCUT2D eigenvalue weighted by Gasteiger charge is -2.49. The Hall–Kier alpha value is -1.92. The van der Waals surface area contributed by atoms with Gasteiger partial charge in [-0.05, 0) is 51.2 Å². The molecule has 3 aliphatic rings. The van der Waals surface area contributed by atoms with Crippen LogP contribution in [0.3, 0.4) is 0 Å². The highest BCUT2D eigenvalue weighted by atomic mass is 16.5. The molecule has 0 saturated carbocycles. The van der Waals surface area contributed by atoms with Crippen molar-refractivity contribution in [3.63, 3.8) is 0 Å². The van der Waals surface area contributed by atoms with Gasteiger partial charge in [-0.3, -0.25) is 14.5 Å². The molecule has 1 atom stereocenters. The van der Waals surface area contributed by atoms with Gasteiger partial charge in [-0.25, -0.2) is 0 Å². The van der Waals surface area contributed by atoms with E-state index >= 15 is 0 Å². The van der Waals surface area contributed by atoms with Crippen molar-refractivity contribution in [3.05, 3.63) is 30.3 Å². The van der Waals surface area contributed by atoms with Crippen molar-refractivity contribution in [2.45, 2.75) is 50.7 Å². The molecule has 1 aromatic rings. The van der Waals surface area contributed by atoms with E-state index in [0.717, 1.165) is 57.5 Å². The summed E-state index contributed by atoms with van der Waals surface area (Å²) in [6.45, 7) is 6.44. The number of anilines is 1. The summed E-state index contributed by atoms with van der Waals surface area (Å²) in [7, 11) is 0. The molecule has 1 aromatic carbocycles. The molecule has 0 bridgehead atoms. The summed E-state index contributed by atoms with van der Waals surface area (Å²) < 4.78 is 6.24. The number of benzene rings is 1. The van der Waals surface area contributed by atoms with Gasteiger partial charge in [0.1, 0.15) is 6.10 Å². The molecule has 0 aromatic heterocycles. The standard InChI is InChI=1S/C22H31N3O3/c1-18-21(27)25(19-8-4-2-5-9-19)17-22(28-18)10-14-23(15-11-22)16-20(26)24-12-6-3-7-13-24/h2,4-5,8-9,18H,3,6-7,10-17H2,1H3. The van der Waals surface area contributed by atoms with Crippen molar-refractivity contribution in [1.29, 1.82) is 0 Å². The Bertz CT molecular complexity index is 694. The van der Waals surface area contributed by atoms with E-state index in [1.165, 1.54) is 6.42 Å². The zero-order valence-electron chi connectivity index (χ0n) is 16.8. The minimum absolute atomic E-state index is 0.0273. The molecule has 2 amide bonds. The Kier molecular flexibility index (Phi) is 5.69. The highest BCUT2D eigenvalue weighted by molar-refractivity contribution is 5.97. The van der Waals surface area contributed by atoms with E-state index in [9.17, 15) is 9.59 Å². The molecule has 0 aliphatic carbocycles. The summed E-state index contributed by atoms with van der Waals surface area (Å²) >= 11 is 0. The molecule has 1 spiro atoms. The van der Waals surface area contributed by atoms with Crippen molar-refractivity contribution in [2.24, 2.45) is 0 Å². The number of hydrogen-bond donors (Lipinski definition) is 0. The maximum absolute atomic E-state index is 12.7. The predicted octanol–water partition coefficient (Wildman–Crippen LogP) is 2.29. The molecule has 0 radical (unpaired) electrons. The second kappa shape index (κ2) is 8.21. The molecule has 6 nitrogen and oxygen atoms in total. The molecule has 1 unspecified atom stereocenters. The number of amides is 2. The van der Waals surface area contributed by atoms with E-state index < -0.39 is 6.10 Å². The fourth-order valence-electron chi connectivity index (χ4n) is 4.70. The number of piperidine rings is 2. The molecule has 152 valence electrons. The van der Waals surface area contributed by atoms with Crippen LogP contribution in [0.5, 0.6) is 0 Å². The lowest BCUT2D eigenvalue weighted by atomic mass is 9.88. The topological polar surface area (TPSA) is 53.1 Å². The van der Waals surface area contributed by atoms with Crippen molar-refractivity contribution in [2.75, 3.05) is 44.2 Å². The number of rotatable bonds is 3. The zero-order chi connectivity index (χ0) is 19.6. The minimum atomic E-state index is -0.435. The van der Waals surface area contributed by atoms with Gasteiger partial charge in [0.15, 0.2) is 0 Å². The van der Waals surface area contributed by atoms with Gasteiger partial charge in [0, 0.05) is 31.9 Å². The Morgan fingerprint density at radius 1 is 1.07 bits per heavy atom. The first-order chi connectivity index (χ1) is 13.6. The molecule has 3 fully saturated rings. The largest absolute Gasteiger partial charge is 0.360 e. The van der Waals surface area contributed by atoms with Gasteiger partial charge >= 0.3 is 0 Å². The number of ether oxygens (including phenoxy) is 1. The van der Waals surface area contributed by atoms with Crippen LogP contribution in [-0.4, -0.2) is 72.6 Å². The second-order valence-electron chi connectivity index (χ2n) is 8.42. The SMILES string of the molecule is CC1OC2(CCN(CC(=O)N3CCCCC3)CC2)CN(c2ccccc2)C1=O. The van der Waals surface area contributed by atoms with Gasteiger partial charge in [-0.2, -0.15) is 0 Å². The lowest BCUT2D eigenvalue weighted by molar-refractivity contribution is -0.162. The first-order valence-corrected chi connectivity index (χ1v) is 10.6. The summed E-state index contributed by atoms with van der Waals surface area (Å²) in [5.41, 5.74) is 0.623. The van der Waals surface area contributed by atoms with Crippen molar-refractivity contribution in [3.8, 4) is 0 Å². The van der Waals surface area contributed by atoms with Crippen LogP contribution < -0.4 is 4.90 Å². The molecule has 3 heterocycles. The number of carbonyl (C=O) groups excluding carboxylic acids is 2. The normalized spacial score (nSPS) is 25.9. The van der Waals surface area contributed by atoms with Gasteiger partial charge in [-0.15, -0.1) is 0 Å². The highest BCUT2D eigenvalue weighted by Crippen LogP contribution is 2.35. The minimum Gasteiger partial charge on any atom is -0.360 e. The van der Waals surface area contributed by atoms with Gasteiger partial charge in [0.2, 0.25) is 5.91 Å². The van der Waals surface area contributed by atoms with Crippen LogP contribution in [-0.2, 0) is 14.3 Å². The van der Waals surface area contributed by atoms with E-state index in [4.69, 9.17) is 4.74 Å². The number of nitrogens with zero attached hydrogens (tertiary/aromatic N) is 3. The van der Waals surface area contributed by atoms with Crippen LogP contribution in [0.25, 0.3) is 0 Å². The summed E-state index contributed by atoms with van der Waals surface area (Å²) in [6.07, 6.45) is 4.76. The highest BCUT2D eigenvalue weighted by Gasteiger charge is 2.45. The Morgan fingerprint density at radius 3 is 2.43 bits per heavy atom. The summed E-state index contributed by atoms with van der Waals surface area (Å²) in [5.74, 6) is 0.286. The van der Waals surface area contributed by atoms with E-state index in [2.05, 4.69) is 4.90 Å². The monoisotopic (exact) mass is 385 g/mol. The van der Waals surface area contributed by atoms with Crippen molar-refractivity contribution >= 4 is 17.5 Å². The number of para-hydroxylation sites is 1. The molecule has 3 aliphatic heterocycles. The fourth-order valence-corrected chi connectivity index (χ4v) is 4.70. The van der Waals surface area contributed by atoms with Crippen LogP contribution in [0.4, 0.5) is 5.69 Å². The summed E-state index contributed by atoms with van der Waals surface area (Å²) in [5, 5.41) is 0. The van der Waals surface area contributed by atoms with Gasteiger partial charge < -0.3 is 14.5 Å². The zero-order valence-corrected chi connectivity index (χ0v) is 16.8. The molecule has 4 rings (SSSR count). The first-order valence-electron chi connectivity index (χ1n) is 10.6. The maximum atomic E-state index is 12.7. The second-order valence-corrected chi connectivity index (χ2v) is 8.42. The van der Waals surface area contributed by atoms with Gasteiger partial charge in [0.05, 0.1) is 18.7 Å². The Morgan fingerprint density at radius 2 is 1.75 bits per heavy atom. The van der Waals surface area contributed by atoms with Crippen molar-refractivity contribution in [1.82, 2.24) is 9.80 Å². The number of likely N-dealkylation sites (tertiary alicyclic amines) is 2. The third-order valence-corrected chi connectivity index (χ3v) is 6.39. The fraction of sp³-hybridized carbons (Fsp3) is 0.636. The third-order valence-electron chi connectivity index (χ3n) is 6.39.